The monoisotopic (exact) mass is 319 g/mol. The summed E-state index contributed by atoms with van der Waals surface area (Å²) in [5, 5.41) is 0. The third-order valence-electron chi connectivity index (χ3n) is 3.09. The van der Waals surface area contributed by atoms with Gasteiger partial charge in [0.15, 0.2) is 0 Å². The Hall–Kier alpha value is -1.40. The van der Waals surface area contributed by atoms with Gasteiger partial charge in [-0.15, -0.1) is 11.6 Å². The first-order valence-electron chi connectivity index (χ1n) is 6.55. The maximum absolute atomic E-state index is 12.4. The van der Waals surface area contributed by atoms with Crippen LogP contribution in [0, 0.1) is 0 Å². The number of hydrogen-bond donors (Lipinski definition) is 0. The van der Waals surface area contributed by atoms with E-state index in [9.17, 15) is 13.6 Å². The van der Waals surface area contributed by atoms with Gasteiger partial charge in [0, 0.05) is 18.7 Å². The Kier molecular flexibility index (Phi) is 5.36. The molecule has 1 aromatic carbocycles. The van der Waals surface area contributed by atoms with E-state index in [0.717, 1.165) is 0 Å². The van der Waals surface area contributed by atoms with E-state index < -0.39 is 6.61 Å². The molecule has 7 heteroatoms. The average molecular weight is 320 g/mol. The molecule has 1 saturated heterocycles. The highest BCUT2D eigenvalue weighted by Gasteiger charge is 2.28. The number of morpholine rings is 1. The van der Waals surface area contributed by atoms with Crippen molar-refractivity contribution in [1.82, 2.24) is 4.90 Å². The Morgan fingerprint density at radius 3 is 2.95 bits per heavy atom. The van der Waals surface area contributed by atoms with Crippen molar-refractivity contribution in [3.63, 3.8) is 0 Å². The van der Waals surface area contributed by atoms with Gasteiger partial charge in [-0.3, -0.25) is 4.79 Å². The predicted octanol–water partition coefficient (Wildman–Crippen LogP) is 2.76. The van der Waals surface area contributed by atoms with Crippen molar-refractivity contribution in [3.05, 3.63) is 29.8 Å². The number of ether oxygens (including phenoxy) is 2. The van der Waals surface area contributed by atoms with E-state index in [1.165, 1.54) is 18.2 Å². The van der Waals surface area contributed by atoms with Crippen LogP contribution in [0.15, 0.2) is 24.3 Å². The van der Waals surface area contributed by atoms with Gasteiger partial charge in [-0.1, -0.05) is 6.07 Å². The Morgan fingerprint density at radius 2 is 2.29 bits per heavy atom. The third kappa shape index (κ3) is 4.28. The van der Waals surface area contributed by atoms with Gasteiger partial charge in [-0.25, -0.2) is 0 Å². The molecule has 1 amide bonds. The molecule has 1 fully saturated rings. The minimum Gasteiger partial charge on any atom is -0.435 e. The van der Waals surface area contributed by atoms with Crippen molar-refractivity contribution in [2.75, 3.05) is 19.0 Å². The fraction of sp³-hybridized carbons (Fsp3) is 0.500. The van der Waals surface area contributed by atoms with Crippen LogP contribution in [0.4, 0.5) is 8.78 Å². The zero-order valence-corrected chi connectivity index (χ0v) is 12.2. The topological polar surface area (TPSA) is 38.8 Å². The lowest BCUT2D eigenvalue weighted by molar-refractivity contribution is -0.0571. The molecule has 1 heterocycles. The Labute approximate surface area is 126 Å². The van der Waals surface area contributed by atoms with Gasteiger partial charge in [0.05, 0.1) is 18.1 Å². The van der Waals surface area contributed by atoms with Crippen molar-refractivity contribution in [1.29, 1.82) is 0 Å². The van der Waals surface area contributed by atoms with Crippen molar-refractivity contribution < 1.29 is 23.0 Å². The summed E-state index contributed by atoms with van der Waals surface area (Å²) in [7, 11) is 0. The van der Waals surface area contributed by atoms with Crippen LogP contribution in [0.5, 0.6) is 5.75 Å². The molecular weight excluding hydrogens is 304 g/mol. The highest BCUT2D eigenvalue weighted by Crippen LogP contribution is 2.20. The molecule has 1 aromatic rings. The molecule has 4 nitrogen and oxygen atoms in total. The number of amides is 1. The molecule has 0 N–H and O–H groups in total. The van der Waals surface area contributed by atoms with Gasteiger partial charge in [-0.2, -0.15) is 8.78 Å². The van der Waals surface area contributed by atoms with Gasteiger partial charge in [0.25, 0.3) is 5.91 Å². The lowest BCUT2D eigenvalue weighted by atomic mass is 10.1. The van der Waals surface area contributed by atoms with Crippen molar-refractivity contribution in [3.8, 4) is 5.75 Å². The number of nitrogens with zero attached hydrogens (tertiary/aromatic N) is 1. The van der Waals surface area contributed by atoms with E-state index >= 15 is 0 Å². The summed E-state index contributed by atoms with van der Waals surface area (Å²) in [6.07, 6.45) is -0.341. The summed E-state index contributed by atoms with van der Waals surface area (Å²) < 4.78 is 34.3. The number of benzene rings is 1. The Morgan fingerprint density at radius 1 is 1.52 bits per heavy atom. The van der Waals surface area contributed by atoms with Gasteiger partial charge < -0.3 is 14.4 Å². The quantitative estimate of drug-likeness (QED) is 0.801. The smallest absolute Gasteiger partial charge is 0.387 e. The molecule has 1 aliphatic rings. The Balaban J connectivity index is 2.11. The molecule has 0 saturated carbocycles. The van der Waals surface area contributed by atoms with Crippen molar-refractivity contribution in [2.45, 2.75) is 25.7 Å². The van der Waals surface area contributed by atoms with Gasteiger partial charge in [0.1, 0.15) is 5.75 Å². The van der Waals surface area contributed by atoms with Crippen molar-refractivity contribution >= 4 is 17.5 Å². The van der Waals surface area contributed by atoms with Gasteiger partial charge >= 0.3 is 6.61 Å². The molecule has 21 heavy (non-hydrogen) atoms. The summed E-state index contributed by atoms with van der Waals surface area (Å²) in [6.45, 7) is -0.243. The summed E-state index contributed by atoms with van der Waals surface area (Å²) in [6, 6.07) is 5.77. The standard InChI is InChI=1S/C14H16ClF2NO3/c1-9-7-18(8-12(6-15)20-9)13(19)10-3-2-4-11(5-10)21-14(16)17/h2-5,9,12,14H,6-8H2,1H3. The number of carbonyl (C=O) groups is 1. The van der Waals surface area contributed by atoms with Gasteiger partial charge in [-0.05, 0) is 25.1 Å². The van der Waals surface area contributed by atoms with Crippen LogP contribution in [-0.2, 0) is 4.74 Å². The number of halogens is 3. The highest BCUT2D eigenvalue weighted by molar-refractivity contribution is 6.18. The first-order valence-corrected chi connectivity index (χ1v) is 7.08. The molecular formula is C14H16ClF2NO3. The molecule has 2 atom stereocenters. The number of alkyl halides is 3. The molecule has 0 radical (unpaired) electrons. The van der Waals surface area contributed by atoms with E-state index in [1.54, 1.807) is 11.0 Å². The molecule has 2 rings (SSSR count). The summed E-state index contributed by atoms with van der Waals surface area (Å²) in [5.74, 6) is 0.00822. The van der Waals surface area contributed by atoms with Crippen LogP contribution in [0.25, 0.3) is 0 Å². The predicted molar refractivity (Wildman–Crippen MR) is 74.0 cm³/mol. The lowest BCUT2D eigenvalue weighted by Gasteiger charge is -2.36. The molecule has 116 valence electrons. The largest absolute Gasteiger partial charge is 0.435 e. The molecule has 0 aliphatic carbocycles. The SMILES string of the molecule is CC1CN(C(=O)c2cccc(OC(F)F)c2)CC(CCl)O1. The number of carbonyl (C=O) groups excluding carboxylic acids is 1. The van der Waals surface area contributed by atoms with E-state index in [2.05, 4.69) is 4.74 Å². The highest BCUT2D eigenvalue weighted by atomic mass is 35.5. The fourth-order valence-electron chi connectivity index (χ4n) is 2.28. The molecule has 1 aliphatic heterocycles. The summed E-state index contributed by atoms with van der Waals surface area (Å²) in [5.41, 5.74) is 0.301. The molecule has 0 spiro atoms. The second-order valence-corrected chi connectivity index (χ2v) is 5.15. The second-order valence-electron chi connectivity index (χ2n) is 4.84. The molecule has 0 bridgehead atoms. The summed E-state index contributed by atoms with van der Waals surface area (Å²) in [4.78, 5) is 14.0. The zero-order valence-electron chi connectivity index (χ0n) is 11.5. The number of rotatable bonds is 4. The van der Waals surface area contributed by atoms with Crippen molar-refractivity contribution in [2.24, 2.45) is 0 Å². The minimum absolute atomic E-state index is 0.0361. The summed E-state index contributed by atoms with van der Waals surface area (Å²) >= 11 is 5.78. The van der Waals surface area contributed by atoms with Crippen LogP contribution in [0.1, 0.15) is 17.3 Å². The normalized spacial score (nSPS) is 22.4. The van der Waals surface area contributed by atoms with E-state index in [-0.39, 0.29) is 23.9 Å². The minimum atomic E-state index is -2.92. The van der Waals surface area contributed by atoms with E-state index in [4.69, 9.17) is 16.3 Å². The van der Waals surface area contributed by atoms with E-state index in [0.29, 0.717) is 24.5 Å². The van der Waals surface area contributed by atoms with E-state index in [1.807, 2.05) is 6.92 Å². The first kappa shape index (κ1) is 16.0. The fourth-order valence-corrected chi connectivity index (χ4v) is 2.45. The van der Waals surface area contributed by atoms with Crippen LogP contribution >= 0.6 is 11.6 Å². The lowest BCUT2D eigenvalue weighted by Crippen LogP contribution is -2.49. The maximum atomic E-state index is 12.4. The second kappa shape index (κ2) is 7.04. The van der Waals surface area contributed by atoms with Crippen LogP contribution in [0.2, 0.25) is 0 Å². The first-order chi connectivity index (χ1) is 9.99. The van der Waals surface area contributed by atoms with Gasteiger partial charge in [0.2, 0.25) is 0 Å². The average Bonchev–Trinajstić information content (AvgIpc) is 2.45. The maximum Gasteiger partial charge on any atom is 0.387 e. The van der Waals surface area contributed by atoms with Crippen LogP contribution in [-0.4, -0.2) is 48.6 Å². The van der Waals surface area contributed by atoms with Crippen LogP contribution in [0.3, 0.4) is 0 Å². The molecule has 2 unspecified atom stereocenters. The van der Waals surface area contributed by atoms with Crippen LogP contribution < -0.4 is 4.74 Å². The third-order valence-corrected chi connectivity index (χ3v) is 3.44. The number of hydrogen-bond acceptors (Lipinski definition) is 3. The molecule has 0 aromatic heterocycles. The Bertz CT molecular complexity index is 501. The zero-order chi connectivity index (χ0) is 15.4.